The maximum absolute atomic E-state index is 13.8. The number of alkyl halides is 1. The number of hydrogen-bond acceptors (Lipinski definition) is 11. The van der Waals surface area contributed by atoms with Gasteiger partial charge in [0, 0.05) is 29.9 Å². The zero-order valence-electron chi connectivity index (χ0n) is 21.8. The largest absolute Gasteiger partial charge is 0.462 e. The van der Waals surface area contributed by atoms with E-state index in [4.69, 9.17) is 18.5 Å². The molecule has 13 nitrogen and oxygen atoms in total. The van der Waals surface area contributed by atoms with Gasteiger partial charge in [0.1, 0.15) is 12.1 Å². The third-order valence-electron chi connectivity index (χ3n) is 5.35. The van der Waals surface area contributed by atoms with Gasteiger partial charge in [0.05, 0.1) is 32.1 Å². The molecule has 0 amide bonds. The van der Waals surface area contributed by atoms with Crippen LogP contribution < -0.4 is 16.3 Å². The molecule has 6 atom stereocenters. The van der Waals surface area contributed by atoms with E-state index in [2.05, 4.69) is 5.09 Å². The maximum atomic E-state index is 13.8. The van der Waals surface area contributed by atoms with Crippen LogP contribution in [0.2, 0.25) is 0 Å². The Bertz CT molecular complexity index is 1110. The van der Waals surface area contributed by atoms with Crippen LogP contribution in [0.3, 0.4) is 0 Å². The third-order valence-corrected chi connectivity index (χ3v) is 8.19. The summed E-state index contributed by atoms with van der Waals surface area (Å²) < 4.78 is 49.9. The van der Waals surface area contributed by atoms with E-state index in [-0.39, 0.29) is 23.4 Å². The summed E-state index contributed by atoms with van der Waals surface area (Å²) in [6, 6.07) is -0.0788. The molecule has 2 heterocycles. The second kappa shape index (κ2) is 14.5. The van der Waals surface area contributed by atoms with E-state index in [0.717, 1.165) is 28.6 Å². The van der Waals surface area contributed by atoms with Crippen LogP contribution in [0, 0.1) is 11.8 Å². The number of carbonyl (C=O) groups excluding carboxylic acids is 2. The SMILES string of the molecule is CC(C)OC(=O)[C@H](C)N[P@](=O)(OCCSC(=O)C(C)C)OC[C@H]1O[C@@H](n2ccc(=O)[nH]c2=O)[C@H](O)[C@@H]1CF. The van der Waals surface area contributed by atoms with Crippen molar-refractivity contribution in [3.63, 3.8) is 0 Å². The van der Waals surface area contributed by atoms with Gasteiger partial charge in [-0.25, -0.2) is 14.4 Å². The van der Waals surface area contributed by atoms with Crippen LogP contribution in [0.4, 0.5) is 4.39 Å². The van der Waals surface area contributed by atoms with E-state index >= 15 is 0 Å². The topological polar surface area (TPSA) is 175 Å². The quantitative estimate of drug-likeness (QED) is 0.163. The Kier molecular flexibility index (Phi) is 12.3. The number of halogens is 1. The lowest BCUT2D eigenvalue weighted by molar-refractivity contribution is -0.149. The summed E-state index contributed by atoms with van der Waals surface area (Å²) in [5.74, 6) is -1.95. The molecule has 1 aromatic rings. The lowest BCUT2D eigenvalue weighted by Crippen LogP contribution is -2.37. The van der Waals surface area contributed by atoms with Gasteiger partial charge in [0.2, 0.25) is 0 Å². The van der Waals surface area contributed by atoms with Gasteiger partial charge in [-0.15, -0.1) is 0 Å². The number of nitrogens with zero attached hydrogens (tertiary/aromatic N) is 1. The van der Waals surface area contributed by atoms with Crippen molar-refractivity contribution in [2.45, 2.75) is 65.2 Å². The van der Waals surface area contributed by atoms with Crippen LogP contribution in [-0.2, 0) is 32.7 Å². The summed E-state index contributed by atoms with van der Waals surface area (Å²) in [6.07, 6.45) is -3.35. The number of aromatic amines is 1. The molecule has 0 bridgehead atoms. The zero-order chi connectivity index (χ0) is 28.6. The summed E-state index contributed by atoms with van der Waals surface area (Å²) in [7, 11) is -4.25. The van der Waals surface area contributed by atoms with E-state index in [1.807, 2.05) is 4.98 Å². The third kappa shape index (κ3) is 9.11. The first-order chi connectivity index (χ1) is 17.8. The first kappa shape index (κ1) is 32.3. The van der Waals surface area contributed by atoms with Crippen molar-refractivity contribution in [1.82, 2.24) is 14.6 Å². The van der Waals surface area contributed by atoms with Crippen molar-refractivity contribution in [1.29, 1.82) is 0 Å². The highest BCUT2D eigenvalue weighted by Crippen LogP contribution is 2.46. The number of H-pyrrole nitrogens is 1. The van der Waals surface area contributed by atoms with E-state index in [0.29, 0.717) is 0 Å². The van der Waals surface area contributed by atoms with Crippen molar-refractivity contribution in [3.05, 3.63) is 33.1 Å². The van der Waals surface area contributed by atoms with Crippen LogP contribution in [0.5, 0.6) is 0 Å². The molecule has 1 saturated heterocycles. The smallest absolute Gasteiger partial charge is 0.406 e. The Morgan fingerprint density at radius 2 is 1.95 bits per heavy atom. The summed E-state index contributed by atoms with van der Waals surface area (Å²) in [4.78, 5) is 49.6. The van der Waals surface area contributed by atoms with Gasteiger partial charge < -0.3 is 14.6 Å². The normalized spacial score (nSPS) is 23.9. The van der Waals surface area contributed by atoms with Crippen molar-refractivity contribution in [3.8, 4) is 0 Å². The summed E-state index contributed by atoms with van der Waals surface area (Å²) >= 11 is 0.982. The predicted octanol–water partition coefficient (Wildman–Crippen LogP) is 1.37. The number of ether oxygens (including phenoxy) is 2. The zero-order valence-corrected chi connectivity index (χ0v) is 23.5. The second-order valence-electron chi connectivity index (χ2n) is 9.18. The average molecular weight is 584 g/mol. The summed E-state index contributed by atoms with van der Waals surface area (Å²) in [5.41, 5.74) is -1.54. The molecule has 1 aromatic heterocycles. The Hall–Kier alpha value is -1.87. The number of carbonyl (C=O) groups is 2. The Morgan fingerprint density at radius 1 is 1.26 bits per heavy atom. The monoisotopic (exact) mass is 583 g/mol. The molecule has 38 heavy (non-hydrogen) atoms. The molecule has 216 valence electrons. The molecule has 16 heteroatoms. The molecule has 0 unspecified atom stereocenters. The lowest BCUT2D eigenvalue weighted by atomic mass is 10.00. The van der Waals surface area contributed by atoms with Crippen molar-refractivity contribution < 1.29 is 42.2 Å². The highest BCUT2D eigenvalue weighted by molar-refractivity contribution is 8.13. The van der Waals surface area contributed by atoms with Gasteiger partial charge in [-0.3, -0.25) is 37.4 Å². The highest BCUT2D eigenvalue weighted by atomic mass is 32.2. The number of nitrogens with one attached hydrogen (secondary N) is 2. The molecular weight excluding hydrogens is 548 g/mol. The average Bonchev–Trinajstić information content (AvgIpc) is 3.14. The first-order valence-electron chi connectivity index (χ1n) is 12.0. The predicted molar refractivity (Wildman–Crippen MR) is 136 cm³/mol. The molecular formula is C22H35FN3O10PS. The molecule has 3 N–H and O–H groups in total. The van der Waals surface area contributed by atoms with E-state index in [1.165, 1.54) is 6.92 Å². The maximum Gasteiger partial charge on any atom is 0.406 e. The Balaban J connectivity index is 2.15. The Labute approximate surface area is 223 Å². The molecule has 1 aliphatic heterocycles. The van der Waals surface area contributed by atoms with Crippen LogP contribution in [0.25, 0.3) is 0 Å². The molecule has 0 radical (unpaired) electrons. The van der Waals surface area contributed by atoms with Crippen molar-refractivity contribution in [2.24, 2.45) is 11.8 Å². The van der Waals surface area contributed by atoms with Gasteiger partial charge in [-0.1, -0.05) is 25.6 Å². The van der Waals surface area contributed by atoms with Gasteiger partial charge in [-0.2, -0.15) is 0 Å². The second-order valence-corrected chi connectivity index (χ2v) is 12.0. The van der Waals surface area contributed by atoms with Crippen LogP contribution in [0.15, 0.2) is 21.9 Å². The van der Waals surface area contributed by atoms with Crippen LogP contribution in [0.1, 0.15) is 40.8 Å². The number of aromatic nitrogens is 2. The highest BCUT2D eigenvalue weighted by Gasteiger charge is 2.46. The van der Waals surface area contributed by atoms with Gasteiger partial charge in [0.25, 0.3) is 5.56 Å². The van der Waals surface area contributed by atoms with Gasteiger partial charge >= 0.3 is 19.4 Å². The molecule has 2 rings (SSSR count). The van der Waals surface area contributed by atoms with Crippen molar-refractivity contribution in [2.75, 3.05) is 25.6 Å². The number of aliphatic hydroxyl groups is 1. The fraction of sp³-hybridized carbons (Fsp3) is 0.727. The molecule has 1 aliphatic rings. The van der Waals surface area contributed by atoms with E-state index < -0.39 is 74.7 Å². The standard InChI is InChI=1S/C22H35FN3O10PS/c1-12(2)21(30)38-9-8-33-37(32,25-14(5)20(29)35-13(3)4)34-11-16-15(10-23)18(28)19(36-16)26-7-6-17(27)24-22(26)31/h6-7,12-16,18-19,28H,8-11H2,1-5H3,(H,25,32)(H,24,27,31)/t14-,15+,16+,18+,19+,37-/m0/s1. The van der Waals surface area contributed by atoms with E-state index in [1.54, 1.807) is 27.7 Å². The lowest BCUT2D eigenvalue weighted by Gasteiger charge is -2.25. The molecule has 0 saturated carbocycles. The summed E-state index contributed by atoms with van der Waals surface area (Å²) in [6.45, 7) is 6.35. The summed E-state index contributed by atoms with van der Waals surface area (Å²) in [5, 5.41) is 13.0. The number of rotatable bonds is 14. The number of hydrogen-bond donors (Lipinski definition) is 3. The molecule has 0 spiro atoms. The molecule has 0 aromatic carbocycles. The fourth-order valence-electron chi connectivity index (χ4n) is 3.38. The fourth-order valence-corrected chi connectivity index (χ4v) is 5.68. The van der Waals surface area contributed by atoms with E-state index in [9.17, 15) is 33.2 Å². The number of thioether (sulfide) groups is 1. The van der Waals surface area contributed by atoms with Crippen LogP contribution >= 0.6 is 19.5 Å². The minimum atomic E-state index is -4.25. The minimum Gasteiger partial charge on any atom is -0.462 e. The van der Waals surface area contributed by atoms with Crippen molar-refractivity contribution >= 4 is 30.6 Å². The molecule has 0 aliphatic carbocycles. The minimum absolute atomic E-state index is 0.0890. The number of aliphatic hydroxyl groups excluding tert-OH is 1. The van der Waals surface area contributed by atoms with Gasteiger partial charge in [-0.05, 0) is 20.8 Å². The Morgan fingerprint density at radius 3 is 2.53 bits per heavy atom. The number of esters is 1. The first-order valence-corrected chi connectivity index (χ1v) is 14.6. The van der Waals surface area contributed by atoms with Crippen LogP contribution in [-0.4, -0.2) is 75.7 Å². The van der Waals surface area contributed by atoms with Gasteiger partial charge in [0.15, 0.2) is 11.3 Å². The molecule has 1 fully saturated rings.